The van der Waals surface area contributed by atoms with Gasteiger partial charge in [-0.05, 0) is 73.4 Å². The quantitative estimate of drug-likeness (QED) is 0.566. The molecule has 0 bridgehead atoms. The Kier molecular flexibility index (Phi) is 7.11. The summed E-state index contributed by atoms with van der Waals surface area (Å²) in [5.41, 5.74) is 1.61. The van der Waals surface area contributed by atoms with Crippen molar-refractivity contribution in [3.8, 4) is 0 Å². The first-order valence-corrected chi connectivity index (χ1v) is 13.0. The minimum absolute atomic E-state index is 0.0396. The molecule has 11 heteroatoms. The molecular weight excluding hydrogens is 521 g/mol. The van der Waals surface area contributed by atoms with Gasteiger partial charge in [-0.1, -0.05) is 18.2 Å². The maximum atomic E-state index is 14.5. The molecule has 0 radical (unpaired) electrons. The van der Waals surface area contributed by atoms with Crippen LogP contribution in [0.5, 0.6) is 0 Å². The summed E-state index contributed by atoms with van der Waals surface area (Å²) in [4.78, 5) is 39.2. The van der Waals surface area contributed by atoms with Gasteiger partial charge in [0.15, 0.2) is 11.6 Å². The molecule has 2 unspecified atom stereocenters. The lowest BCUT2D eigenvalue weighted by Gasteiger charge is -2.32. The summed E-state index contributed by atoms with van der Waals surface area (Å²) in [6, 6.07) is 7.28. The molecule has 39 heavy (non-hydrogen) atoms. The number of hydrogen-bond donors (Lipinski definition) is 2. The molecule has 6 nitrogen and oxygen atoms in total. The van der Waals surface area contributed by atoms with Crippen molar-refractivity contribution >= 4 is 17.7 Å². The second-order valence-electron chi connectivity index (χ2n) is 10.7. The fraction of sp³-hybridized carbons (Fsp3) is 0.464. The van der Waals surface area contributed by atoms with Crippen LogP contribution in [0.15, 0.2) is 36.4 Å². The van der Waals surface area contributed by atoms with E-state index in [1.165, 1.54) is 12.1 Å². The number of likely N-dealkylation sites (tertiary alicyclic amines) is 1. The number of carbonyl (C=O) groups excluding carboxylic acids is 3. The van der Waals surface area contributed by atoms with Crippen molar-refractivity contribution in [3.63, 3.8) is 0 Å². The predicted octanol–water partition coefficient (Wildman–Crippen LogP) is 4.03. The molecule has 5 rings (SSSR count). The number of alkyl halides is 3. The Hall–Kier alpha value is -3.50. The van der Waals surface area contributed by atoms with Crippen LogP contribution < -0.4 is 10.6 Å². The number of halogens is 5. The molecule has 2 aromatic carbocycles. The molecular formula is C28H28F5N3O3. The predicted molar refractivity (Wildman–Crippen MR) is 131 cm³/mol. The van der Waals surface area contributed by atoms with Crippen LogP contribution in [0, 0.1) is 17.0 Å². The van der Waals surface area contributed by atoms with Crippen LogP contribution in [0.4, 0.5) is 22.0 Å². The van der Waals surface area contributed by atoms with Gasteiger partial charge in [-0.2, -0.15) is 13.2 Å². The lowest BCUT2D eigenvalue weighted by atomic mass is 9.70. The molecule has 208 valence electrons. The molecule has 2 fully saturated rings. The van der Waals surface area contributed by atoms with Crippen molar-refractivity contribution in [2.45, 2.75) is 56.7 Å². The van der Waals surface area contributed by atoms with Crippen LogP contribution in [0.2, 0.25) is 0 Å². The Labute approximate surface area is 221 Å². The first-order valence-electron chi connectivity index (χ1n) is 13.0. The normalized spacial score (nSPS) is 25.3. The van der Waals surface area contributed by atoms with E-state index in [9.17, 15) is 36.3 Å². The summed E-state index contributed by atoms with van der Waals surface area (Å²) in [6.07, 6.45) is -2.10. The summed E-state index contributed by atoms with van der Waals surface area (Å²) in [7, 11) is 0. The summed E-state index contributed by atoms with van der Waals surface area (Å²) >= 11 is 0. The van der Waals surface area contributed by atoms with E-state index in [-0.39, 0.29) is 29.9 Å². The van der Waals surface area contributed by atoms with Crippen LogP contribution in [0.3, 0.4) is 0 Å². The zero-order valence-electron chi connectivity index (χ0n) is 21.0. The second-order valence-corrected chi connectivity index (χ2v) is 10.7. The van der Waals surface area contributed by atoms with Gasteiger partial charge in [-0.3, -0.25) is 14.4 Å². The molecule has 1 spiro atoms. The third-order valence-corrected chi connectivity index (χ3v) is 8.19. The number of amides is 3. The van der Waals surface area contributed by atoms with Gasteiger partial charge in [0.1, 0.15) is 12.6 Å². The van der Waals surface area contributed by atoms with E-state index in [1.807, 2.05) is 0 Å². The molecule has 2 saturated heterocycles. The lowest BCUT2D eigenvalue weighted by molar-refractivity contribution is -0.162. The maximum absolute atomic E-state index is 14.5. The zero-order valence-corrected chi connectivity index (χ0v) is 21.0. The van der Waals surface area contributed by atoms with Crippen LogP contribution >= 0.6 is 0 Å². The fourth-order valence-corrected chi connectivity index (χ4v) is 6.11. The van der Waals surface area contributed by atoms with Gasteiger partial charge in [-0.15, -0.1) is 0 Å². The maximum Gasteiger partial charge on any atom is 0.406 e. The van der Waals surface area contributed by atoms with Crippen molar-refractivity contribution in [1.82, 2.24) is 15.5 Å². The average molecular weight is 550 g/mol. The fourth-order valence-electron chi connectivity index (χ4n) is 6.11. The van der Waals surface area contributed by atoms with Crippen molar-refractivity contribution in [3.05, 3.63) is 70.3 Å². The molecule has 1 aliphatic carbocycles. The Morgan fingerprint density at radius 1 is 1.08 bits per heavy atom. The van der Waals surface area contributed by atoms with Gasteiger partial charge in [0.25, 0.3) is 5.91 Å². The van der Waals surface area contributed by atoms with Crippen molar-refractivity contribution in [2.24, 2.45) is 5.41 Å². The topological polar surface area (TPSA) is 78.5 Å². The highest BCUT2D eigenvalue weighted by Gasteiger charge is 2.44. The highest BCUT2D eigenvalue weighted by Crippen LogP contribution is 2.41. The number of aryl methyl sites for hydroxylation is 1. The number of fused-ring (bicyclic) bond motifs is 1. The third kappa shape index (κ3) is 5.49. The smallest absolute Gasteiger partial charge is 0.356 e. The zero-order chi connectivity index (χ0) is 27.9. The van der Waals surface area contributed by atoms with Gasteiger partial charge in [0.2, 0.25) is 11.8 Å². The highest BCUT2D eigenvalue weighted by atomic mass is 19.4. The molecule has 0 saturated carbocycles. The number of carbonyl (C=O) groups is 3. The molecule has 3 aliphatic rings. The van der Waals surface area contributed by atoms with Crippen molar-refractivity contribution in [2.75, 3.05) is 19.6 Å². The molecule has 2 N–H and O–H groups in total. The molecule has 0 aromatic heterocycles. The summed E-state index contributed by atoms with van der Waals surface area (Å²) in [6.45, 7) is -1.39. The number of nitrogens with zero attached hydrogens (tertiary/aromatic N) is 1. The SMILES string of the molecule is O=C(NC1CC[C@@H](c2cccc(F)c2F)CN(CC(F)(F)F)C1=O)c1ccc2c(c1)CCC1(CCNC1=O)C2. The van der Waals surface area contributed by atoms with Crippen molar-refractivity contribution < 1.29 is 36.3 Å². The second kappa shape index (κ2) is 10.2. The standard InChI is InChI=1S/C28H28F5N3O3/c29-21-3-1-2-20(23(21)30)19-6-7-22(25(38)36(14-19)15-28(31,32)33)35-24(37)17-4-5-18-13-27(9-8-16(18)12-17)10-11-34-26(27)39/h1-5,12,19,22H,6-11,13-15H2,(H,34,39)(H,35,37)/t19-,22?,27?/m1/s1. The molecule has 2 aromatic rings. The average Bonchev–Trinajstić information content (AvgIpc) is 3.16. The Balaban J connectivity index is 1.34. The van der Waals surface area contributed by atoms with Crippen LogP contribution in [0.25, 0.3) is 0 Å². The number of hydrogen-bond acceptors (Lipinski definition) is 3. The van der Waals surface area contributed by atoms with E-state index in [0.717, 1.165) is 23.6 Å². The molecule has 3 atom stereocenters. The number of rotatable bonds is 4. The van der Waals surface area contributed by atoms with E-state index in [4.69, 9.17) is 0 Å². The summed E-state index contributed by atoms with van der Waals surface area (Å²) in [5.74, 6) is -4.65. The highest BCUT2D eigenvalue weighted by molar-refractivity contribution is 5.98. The van der Waals surface area contributed by atoms with E-state index in [1.54, 1.807) is 18.2 Å². The number of nitrogens with one attached hydrogen (secondary N) is 2. The summed E-state index contributed by atoms with van der Waals surface area (Å²) in [5, 5.41) is 5.46. The minimum atomic E-state index is -4.72. The van der Waals surface area contributed by atoms with Crippen LogP contribution in [0.1, 0.15) is 58.6 Å². The minimum Gasteiger partial charge on any atom is -0.356 e. The van der Waals surface area contributed by atoms with Gasteiger partial charge in [-0.25, -0.2) is 8.78 Å². The van der Waals surface area contributed by atoms with Crippen LogP contribution in [-0.2, 0) is 22.4 Å². The Morgan fingerprint density at radius 3 is 2.59 bits per heavy atom. The van der Waals surface area contributed by atoms with E-state index < -0.39 is 60.1 Å². The molecule has 2 aliphatic heterocycles. The van der Waals surface area contributed by atoms with Gasteiger partial charge < -0.3 is 15.5 Å². The van der Waals surface area contributed by atoms with Gasteiger partial charge >= 0.3 is 6.18 Å². The van der Waals surface area contributed by atoms with E-state index in [2.05, 4.69) is 10.6 Å². The lowest BCUT2D eigenvalue weighted by Crippen LogP contribution is -2.50. The largest absolute Gasteiger partial charge is 0.406 e. The van der Waals surface area contributed by atoms with Crippen molar-refractivity contribution in [1.29, 1.82) is 0 Å². The van der Waals surface area contributed by atoms with Gasteiger partial charge in [0.05, 0.1) is 5.41 Å². The monoisotopic (exact) mass is 549 g/mol. The van der Waals surface area contributed by atoms with E-state index in [0.29, 0.717) is 30.7 Å². The Bertz CT molecular complexity index is 1310. The van der Waals surface area contributed by atoms with Gasteiger partial charge in [0, 0.05) is 24.6 Å². The van der Waals surface area contributed by atoms with E-state index >= 15 is 0 Å². The first kappa shape index (κ1) is 27.1. The molecule has 3 amide bonds. The summed E-state index contributed by atoms with van der Waals surface area (Å²) < 4.78 is 68.3. The van der Waals surface area contributed by atoms with Crippen LogP contribution in [-0.4, -0.2) is 54.5 Å². The number of benzene rings is 2. The Morgan fingerprint density at radius 2 is 1.87 bits per heavy atom. The third-order valence-electron chi connectivity index (χ3n) is 8.19. The molecule has 2 heterocycles. The first-order chi connectivity index (χ1) is 18.5.